The van der Waals surface area contributed by atoms with Crippen LogP contribution in [0.1, 0.15) is 44.7 Å². The number of halogens is 2. The smallest absolute Gasteiger partial charge is 0.243 e. The Hall–Kier alpha value is -2.44. The van der Waals surface area contributed by atoms with Crippen molar-refractivity contribution in [2.45, 2.75) is 58.7 Å². The Kier molecular flexibility index (Phi) is 10.3. The van der Waals surface area contributed by atoms with Crippen molar-refractivity contribution < 1.29 is 19.1 Å². The summed E-state index contributed by atoms with van der Waals surface area (Å²) in [6, 6.07) is 10.2. The monoisotopic (exact) mass is 494 g/mol. The molecular formula is C25H32Cl2N2O4. The number of hydrogen-bond donors (Lipinski definition) is 1. The Morgan fingerprint density at radius 3 is 2.21 bits per heavy atom. The number of carbonyl (C=O) groups is 2. The van der Waals surface area contributed by atoms with E-state index in [1.165, 1.54) is 0 Å². The van der Waals surface area contributed by atoms with E-state index in [9.17, 15) is 9.59 Å². The van der Waals surface area contributed by atoms with Gasteiger partial charge in [-0.2, -0.15) is 0 Å². The normalized spacial score (nSPS) is 11.8. The third-order valence-corrected chi connectivity index (χ3v) is 5.97. The second kappa shape index (κ2) is 12.7. The lowest BCUT2D eigenvalue weighted by Gasteiger charge is -2.31. The average Bonchev–Trinajstić information content (AvgIpc) is 2.78. The second-order valence-corrected chi connectivity index (χ2v) is 8.86. The molecule has 1 N–H and O–H groups in total. The number of benzene rings is 2. The number of carbonyl (C=O) groups excluding carboxylic acids is 2. The van der Waals surface area contributed by atoms with Gasteiger partial charge in [-0.3, -0.25) is 9.59 Å². The zero-order chi connectivity index (χ0) is 24.5. The lowest BCUT2D eigenvalue weighted by molar-refractivity contribution is -0.141. The molecule has 0 spiro atoms. The van der Waals surface area contributed by atoms with Crippen LogP contribution in [0, 0.1) is 0 Å². The van der Waals surface area contributed by atoms with E-state index < -0.39 is 6.04 Å². The van der Waals surface area contributed by atoms with Crippen LogP contribution in [0.25, 0.3) is 0 Å². The largest absolute Gasteiger partial charge is 0.493 e. The summed E-state index contributed by atoms with van der Waals surface area (Å²) in [5, 5.41) is 3.78. The summed E-state index contributed by atoms with van der Waals surface area (Å²) < 4.78 is 10.6. The van der Waals surface area contributed by atoms with Crippen molar-refractivity contribution >= 4 is 35.0 Å². The maximum atomic E-state index is 13.4. The molecule has 0 aromatic heterocycles. The molecule has 0 saturated carbocycles. The SMILES string of the molecule is CC[C@@H](C(=O)NC(C)C)N(Cc1ccc(Cl)c(Cl)c1)C(=O)CCc1ccc(OC)c(OC)c1. The van der Waals surface area contributed by atoms with Crippen LogP contribution < -0.4 is 14.8 Å². The molecule has 0 aliphatic rings. The van der Waals surface area contributed by atoms with E-state index in [1.807, 2.05) is 45.0 Å². The van der Waals surface area contributed by atoms with Gasteiger partial charge in [0.05, 0.1) is 24.3 Å². The highest BCUT2D eigenvalue weighted by molar-refractivity contribution is 6.42. The highest BCUT2D eigenvalue weighted by Gasteiger charge is 2.29. The van der Waals surface area contributed by atoms with Crippen LogP contribution in [0.3, 0.4) is 0 Å². The summed E-state index contributed by atoms with van der Waals surface area (Å²) in [5.74, 6) is 0.941. The number of hydrogen-bond acceptors (Lipinski definition) is 4. The van der Waals surface area contributed by atoms with E-state index in [2.05, 4.69) is 5.32 Å². The molecular weight excluding hydrogens is 463 g/mol. The molecule has 0 unspecified atom stereocenters. The molecule has 1 atom stereocenters. The fourth-order valence-corrected chi connectivity index (χ4v) is 3.89. The standard InChI is InChI=1S/C25H32Cl2N2O4/c1-6-21(25(31)28-16(2)3)29(15-18-7-10-19(26)20(27)13-18)24(30)12-9-17-8-11-22(32-4)23(14-17)33-5/h7-8,10-11,13-14,16,21H,6,9,12,15H2,1-5H3,(H,28,31)/t21-/m0/s1. The summed E-state index contributed by atoms with van der Waals surface area (Å²) in [6.07, 6.45) is 1.23. The molecule has 0 aliphatic carbocycles. The van der Waals surface area contributed by atoms with Gasteiger partial charge < -0.3 is 19.7 Å². The Morgan fingerprint density at radius 1 is 0.970 bits per heavy atom. The minimum atomic E-state index is -0.597. The van der Waals surface area contributed by atoms with E-state index in [4.69, 9.17) is 32.7 Å². The highest BCUT2D eigenvalue weighted by atomic mass is 35.5. The first kappa shape index (κ1) is 26.8. The number of amides is 2. The zero-order valence-electron chi connectivity index (χ0n) is 19.8. The molecule has 0 bridgehead atoms. The molecule has 0 heterocycles. The van der Waals surface area contributed by atoms with Crippen molar-refractivity contribution in [1.82, 2.24) is 10.2 Å². The van der Waals surface area contributed by atoms with Crippen molar-refractivity contribution in [3.05, 3.63) is 57.6 Å². The lowest BCUT2D eigenvalue weighted by atomic mass is 10.1. The molecule has 2 aromatic carbocycles. The molecule has 2 aromatic rings. The number of rotatable bonds is 11. The average molecular weight is 495 g/mol. The lowest BCUT2D eigenvalue weighted by Crippen LogP contribution is -2.50. The predicted octanol–water partition coefficient (Wildman–Crippen LogP) is 5.28. The summed E-state index contributed by atoms with van der Waals surface area (Å²) in [7, 11) is 3.15. The molecule has 2 rings (SSSR count). The molecule has 0 aliphatic heterocycles. The first-order valence-electron chi connectivity index (χ1n) is 10.9. The van der Waals surface area contributed by atoms with Gasteiger partial charge in [-0.1, -0.05) is 42.3 Å². The minimum absolute atomic E-state index is 0.0276. The van der Waals surface area contributed by atoms with Crippen LogP contribution in [0.15, 0.2) is 36.4 Å². The molecule has 2 amide bonds. The molecule has 6 nitrogen and oxygen atoms in total. The van der Waals surface area contributed by atoms with Gasteiger partial charge in [-0.05, 0) is 62.1 Å². The van der Waals surface area contributed by atoms with Crippen LogP contribution in [0.4, 0.5) is 0 Å². The van der Waals surface area contributed by atoms with Gasteiger partial charge in [-0.15, -0.1) is 0 Å². The van der Waals surface area contributed by atoms with Crippen molar-refractivity contribution in [2.24, 2.45) is 0 Å². The van der Waals surface area contributed by atoms with Crippen molar-refractivity contribution in [3.63, 3.8) is 0 Å². The van der Waals surface area contributed by atoms with Crippen LogP contribution >= 0.6 is 23.2 Å². The maximum absolute atomic E-state index is 13.4. The summed E-state index contributed by atoms with van der Waals surface area (Å²) >= 11 is 12.2. The van der Waals surface area contributed by atoms with Crippen LogP contribution in [-0.2, 0) is 22.6 Å². The molecule has 0 radical (unpaired) electrons. The van der Waals surface area contributed by atoms with E-state index in [0.29, 0.717) is 34.4 Å². The Bertz CT molecular complexity index is 965. The Morgan fingerprint density at radius 2 is 1.64 bits per heavy atom. The first-order chi connectivity index (χ1) is 15.7. The number of ether oxygens (including phenoxy) is 2. The van der Waals surface area contributed by atoms with Crippen molar-refractivity contribution in [2.75, 3.05) is 14.2 Å². The fourth-order valence-electron chi connectivity index (χ4n) is 3.57. The molecule has 8 heteroatoms. The van der Waals surface area contributed by atoms with Crippen molar-refractivity contribution in [1.29, 1.82) is 0 Å². The second-order valence-electron chi connectivity index (χ2n) is 8.05. The zero-order valence-corrected chi connectivity index (χ0v) is 21.3. The third-order valence-electron chi connectivity index (χ3n) is 5.23. The van der Waals surface area contributed by atoms with Gasteiger partial charge in [0.1, 0.15) is 6.04 Å². The summed E-state index contributed by atoms with van der Waals surface area (Å²) in [6.45, 7) is 5.94. The quantitative estimate of drug-likeness (QED) is 0.461. The van der Waals surface area contributed by atoms with Crippen LogP contribution in [0.5, 0.6) is 11.5 Å². The minimum Gasteiger partial charge on any atom is -0.493 e. The third kappa shape index (κ3) is 7.54. The van der Waals surface area contributed by atoms with E-state index >= 15 is 0 Å². The maximum Gasteiger partial charge on any atom is 0.243 e. The molecule has 180 valence electrons. The highest BCUT2D eigenvalue weighted by Crippen LogP contribution is 2.28. The van der Waals surface area contributed by atoms with Gasteiger partial charge in [0.15, 0.2) is 11.5 Å². The Labute approximate surface area is 206 Å². The van der Waals surface area contributed by atoms with Gasteiger partial charge in [-0.25, -0.2) is 0 Å². The number of aryl methyl sites for hydroxylation is 1. The summed E-state index contributed by atoms with van der Waals surface area (Å²) in [5.41, 5.74) is 1.75. The summed E-state index contributed by atoms with van der Waals surface area (Å²) in [4.78, 5) is 27.9. The van der Waals surface area contributed by atoms with Crippen LogP contribution in [0.2, 0.25) is 10.0 Å². The van der Waals surface area contributed by atoms with Gasteiger partial charge in [0, 0.05) is 19.0 Å². The van der Waals surface area contributed by atoms with E-state index in [1.54, 1.807) is 31.3 Å². The fraction of sp³-hybridized carbons (Fsp3) is 0.440. The molecule has 0 fully saturated rings. The molecule has 0 saturated heterocycles. The van der Waals surface area contributed by atoms with Crippen molar-refractivity contribution in [3.8, 4) is 11.5 Å². The number of nitrogens with one attached hydrogen (secondary N) is 1. The Balaban J connectivity index is 2.26. The first-order valence-corrected chi connectivity index (χ1v) is 11.7. The number of nitrogens with zero attached hydrogens (tertiary/aromatic N) is 1. The number of methoxy groups -OCH3 is 2. The van der Waals surface area contributed by atoms with E-state index in [0.717, 1.165) is 11.1 Å². The van der Waals surface area contributed by atoms with E-state index in [-0.39, 0.29) is 30.8 Å². The molecule has 33 heavy (non-hydrogen) atoms. The predicted molar refractivity (Wildman–Crippen MR) is 132 cm³/mol. The van der Waals surface area contributed by atoms with Gasteiger partial charge in [0.2, 0.25) is 11.8 Å². The van der Waals surface area contributed by atoms with Crippen LogP contribution in [-0.4, -0.2) is 43.0 Å². The van der Waals surface area contributed by atoms with Gasteiger partial charge >= 0.3 is 0 Å². The van der Waals surface area contributed by atoms with Gasteiger partial charge in [0.25, 0.3) is 0 Å². The topological polar surface area (TPSA) is 67.9 Å².